The number of likely N-dealkylation sites (tertiary alicyclic amines) is 1. The summed E-state index contributed by atoms with van der Waals surface area (Å²) in [5.41, 5.74) is -0.348. The minimum absolute atomic E-state index is 0.0444. The van der Waals surface area contributed by atoms with E-state index in [1.165, 1.54) is 0 Å². The maximum absolute atomic E-state index is 12.7. The largest absolute Gasteiger partial charge is 0.504 e. The number of carbonyl (C=O) groups is 4. The number of rotatable bonds is 8. The van der Waals surface area contributed by atoms with Gasteiger partial charge in [0.15, 0.2) is 29.5 Å². The van der Waals surface area contributed by atoms with Crippen LogP contribution in [0.2, 0.25) is 0 Å². The lowest BCUT2D eigenvalue weighted by Gasteiger charge is -2.61. The first-order valence-electron chi connectivity index (χ1n) is 12.2. The number of hydrogen-bond donors (Lipinski definition) is 3. The van der Waals surface area contributed by atoms with Crippen LogP contribution in [-0.2, 0) is 40.5 Å². The van der Waals surface area contributed by atoms with E-state index >= 15 is 0 Å². The van der Waals surface area contributed by atoms with Crippen LogP contribution in [0, 0.1) is 0 Å². The molecule has 5 atom stereocenters. The van der Waals surface area contributed by atoms with E-state index in [-0.39, 0.29) is 30.4 Å². The smallest absolute Gasteiger partial charge is 0.311 e. The Hall–Kier alpha value is -3.44. The minimum atomic E-state index is -1.42. The number of Topliss-reactive ketones (excluding diaryl/α,β-unsaturated/α-hetero) is 1. The van der Waals surface area contributed by atoms with Crippen LogP contribution in [0.1, 0.15) is 50.2 Å². The molecule has 1 aromatic carbocycles. The van der Waals surface area contributed by atoms with E-state index in [1.807, 2.05) is 13.1 Å². The average Bonchev–Trinajstić information content (AvgIpc) is 3.19. The van der Waals surface area contributed by atoms with Crippen LogP contribution in [0.5, 0.6) is 11.5 Å². The molecular formula is C26H29NO10. The molecule has 0 amide bonds. The molecule has 2 bridgehead atoms. The van der Waals surface area contributed by atoms with Gasteiger partial charge in [-0.05, 0) is 51.1 Å². The fraction of sp³-hybridized carbons (Fsp3) is 0.538. The zero-order valence-corrected chi connectivity index (χ0v) is 20.6. The summed E-state index contributed by atoms with van der Waals surface area (Å²) in [6.45, 7) is 1.80. The average molecular weight is 516 g/mol. The van der Waals surface area contributed by atoms with E-state index in [0.717, 1.165) is 18.1 Å². The van der Waals surface area contributed by atoms with Gasteiger partial charge in [-0.15, -0.1) is 0 Å². The van der Waals surface area contributed by atoms with Crippen molar-refractivity contribution >= 4 is 23.7 Å². The number of aromatic hydroxyl groups is 1. The van der Waals surface area contributed by atoms with E-state index in [2.05, 4.69) is 4.90 Å². The molecule has 1 saturated heterocycles. The molecule has 5 rings (SSSR count). The molecule has 2 aliphatic heterocycles. The minimum Gasteiger partial charge on any atom is -0.504 e. The molecule has 4 aliphatic rings. The Kier molecular flexibility index (Phi) is 6.03. The molecule has 0 saturated carbocycles. The molecule has 0 unspecified atom stereocenters. The lowest BCUT2D eigenvalue weighted by Crippen LogP contribution is -2.74. The highest BCUT2D eigenvalue weighted by Gasteiger charge is 2.72. The van der Waals surface area contributed by atoms with E-state index < -0.39 is 59.8 Å². The number of benzene rings is 1. The molecule has 0 aromatic heterocycles. The third-order valence-electron chi connectivity index (χ3n) is 8.21. The predicted molar refractivity (Wildman–Crippen MR) is 125 cm³/mol. The fourth-order valence-corrected chi connectivity index (χ4v) is 6.47. The number of phenolic OH excluding ortho intramolecular Hbond substituents is 1. The van der Waals surface area contributed by atoms with Gasteiger partial charge in [0.25, 0.3) is 0 Å². The van der Waals surface area contributed by atoms with E-state index in [1.54, 1.807) is 12.1 Å². The molecule has 3 N–H and O–H groups in total. The molecule has 198 valence electrons. The van der Waals surface area contributed by atoms with Gasteiger partial charge in [0.1, 0.15) is 5.76 Å². The summed E-state index contributed by atoms with van der Waals surface area (Å²) in [7, 11) is 1.97. The van der Waals surface area contributed by atoms with Crippen molar-refractivity contribution < 1.29 is 48.7 Å². The number of carboxylic acids is 1. The van der Waals surface area contributed by atoms with Crippen LogP contribution in [0.4, 0.5) is 0 Å². The Bertz CT molecular complexity index is 1220. The normalized spacial score (nSPS) is 29.9. The maximum Gasteiger partial charge on any atom is 0.311 e. The second-order valence-electron chi connectivity index (χ2n) is 10.3. The van der Waals surface area contributed by atoms with Gasteiger partial charge < -0.3 is 34.4 Å². The van der Waals surface area contributed by atoms with Crippen LogP contribution in [0.25, 0.3) is 0 Å². The van der Waals surface area contributed by atoms with Crippen molar-refractivity contribution in [2.45, 2.75) is 74.7 Å². The Morgan fingerprint density at radius 1 is 1.22 bits per heavy atom. The van der Waals surface area contributed by atoms with E-state index in [9.17, 15) is 29.4 Å². The van der Waals surface area contributed by atoms with Gasteiger partial charge in [0, 0.05) is 18.0 Å². The number of ketones is 1. The Balaban J connectivity index is 1.34. The zero-order chi connectivity index (χ0) is 26.7. The lowest BCUT2D eigenvalue weighted by molar-refractivity contribution is -0.170. The Labute approximate surface area is 212 Å². The summed E-state index contributed by atoms with van der Waals surface area (Å²) >= 11 is 0. The number of esters is 2. The van der Waals surface area contributed by atoms with Gasteiger partial charge in [-0.1, -0.05) is 6.07 Å². The Morgan fingerprint density at radius 3 is 2.65 bits per heavy atom. The highest BCUT2D eigenvalue weighted by Crippen LogP contribution is 2.65. The molecular weight excluding hydrogens is 486 g/mol. The third-order valence-corrected chi connectivity index (χ3v) is 8.21. The first-order chi connectivity index (χ1) is 17.5. The highest BCUT2D eigenvalue weighted by molar-refractivity contribution is 5.88. The lowest BCUT2D eigenvalue weighted by atomic mass is 9.50. The molecule has 2 aliphatic carbocycles. The van der Waals surface area contributed by atoms with Crippen molar-refractivity contribution in [1.29, 1.82) is 0 Å². The number of nitrogens with zero attached hydrogens (tertiary/aromatic N) is 1. The number of aliphatic carboxylic acids is 1. The monoisotopic (exact) mass is 515 g/mol. The van der Waals surface area contributed by atoms with Crippen LogP contribution < -0.4 is 4.74 Å². The third kappa shape index (κ3) is 3.79. The second-order valence-corrected chi connectivity index (χ2v) is 10.3. The summed E-state index contributed by atoms with van der Waals surface area (Å²) in [6.07, 6.45) is -0.708. The van der Waals surface area contributed by atoms with Crippen LogP contribution in [0.15, 0.2) is 24.0 Å². The topological polar surface area (TPSA) is 160 Å². The van der Waals surface area contributed by atoms with Crippen molar-refractivity contribution in [3.63, 3.8) is 0 Å². The number of phenols is 1. The van der Waals surface area contributed by atoms with Crippen molar-refractivity contribution in [1.82, 2.24) is 4.90 Å². The first-order valence-corrected chi connectivity index (χ1v) is 12.2. The number of ether oxygens (including phenoxy) is 3. The number of piperidine rings is 1. The van der Waals surface area contributed by atoms with E-state index in [0.29, 0.717) is 25.1 Å². The number of hydrogen-bond acceptors (Lipinski definition) is 10. The number of likely N-dealkylation sites (N-methyl/N-ethyl adjacent to an activating group) is 1. The Morgan fingerprint density at radius 2 is 1.95 bits per heavy atom. The first kappa shape index (κ1) is 25.2. The molecule has 1 fully saturated rings. The SMILES string of the molecule is CC(=O)[C@H](CC(=O)O)OC(=O)CCC(=O)OC1=CC[C@@]2(O)[C@H]3Cc4ccc(O)c5c4[C@@]2(CCN3C)[C@H]1O5. The summed E-state index contributed by atoms with van der Waals surface area (Å²) in [6, 6.07) is 3.24. The summed E-state index contributed by atoms with van der Waals surface area (Å²) in [5, 5.41) is 31.5. The number of carbonyl (C=O) groups excluding carboxylic acids is 3. The van der Waals surface area contributed by atoms with Gasteiger partial charge in [-0.25, -0.2) is 0 Å². The molecule has 0 radical (unpaired) electrons. The zero-order valence-electron chi connectivity index (χ0n) is 20.6. The van der Waals surface area contributed by atoms with Gasteiger partial charge in [0.2, 0.25) is 0 Å². The second kappa shape index (κ2) is 8.84. The molecule has 2 heterocycles. The van der Waals surface area contributed by atoms with Crippen molar-refractivity contribution in [3.05, 3.63) is 35.1 Å². The van der Waals surface area contributed by atoms with Crippen LogP contribution >= 0.6 is 0 Å². The summed E-state index contributed by atoms with van der Waals surface area (Å²) < 4.78 is 16.8. The fourth-order valence-electron chi connectivity index (χ4n) is 6.47. The molecule has 1 spiro atoms. The quantitative estimate of drug-likeness (QED) is 0.423. The van der Waals surface area contributed by atoms with Crippen molar-refractivity contribution in [2.24, 2.45) is 0 Å². The van der Waals surface area contributed by atoms with Crippen LogP contribution in [0.3, 0.4) is 0 Å². The van der Waals surface area contributed by atoms with Crippen molar-refractivity contribution in [2.75, 3.05) is 13.6 Å². The van der Waals surface area contributed by atoms with Gasteiger partial charge in [-0.3, -0.25) is 19.2 Å². The predicted octanol–water partition coefficient (Wildman–Crippen LogP) is 0.969. The van der Waals surface area contributed by atoms with Crippen LogP contribution in [-0.4, -0.2) is 81.4 Å². The number of carboxylic acid groups (broad SMARTS) is 1. The van der Waals surface area contributed by atoms with E-state index in [4.69, 9.17) is 19.3 Å². The highest BCUT2D eigenvalue weighted by atomic mass is 16.6. The van der Waals surface area contributed by atoms with Crippen molar-refractivity contribution in [3.8, 4) is 11.5 Å². The maximum atomic E-state index is 12.7. The molecule has 11 nitrogen and oxygen atoms in total. The molecule has 1 aromatic rings. The molecule has 37 heavy (non-hydrogen) atoms. The van der Waals surface area contributed by atoms with Gasteiger partial charge in [0.05, 0.1) is 30.3 Å². The molecule has 11 heteroatoms. The standard InChI is InChI=1S/C26H29NO10/c1-13(28)17(12-19(30)31)36-21(33)6-5-20(32)35-16-7-8-26(34)18-11-14-3-4-15(29)23-22(14)25(26,24(16)37-23)9-10-27(18)2/h3-4,7,17-18,24,29,34H,5-6,8-12H2,1-2H3,(H,30,31)/t17-,18+,24-,25-,26+/m0/s1. The summed E-state index contributed by atoms with van der Waals surface area (Å²) in [5.74, 6) is -3.08. The van der Waals surface area contributed by atoms with Gasteiger partial charge >= 0.3 is 17.9 Å². The van der Waals surface area contributed by atoms with Gasteiger partial charge in [-0.2, -0.15) is 0 Å². The number of aliphatic hydroxyl groups is 1. The summed E-state index contributed by atoms with van der Waals surface area (Å²) in [4.78, 5) is 49.4.